The van der Waals surface area contributed by atoms with E-state index >= 15 is 0 Å². The Kier molecular flexibility index (Phi) is 4.03. The number of nitrogens with one attached hydrogen (secondary N) is 2. The summed E-state index contributed by atoms with van der Waals surface area (Å²) in [5.74, 6) is 0. The highest BCUT2D eigenvalue weighted by atomic mass is 16.3. The molecule has 12 heavy (non-hydrogen) atoms. The molecule has 2 amide bonds. The number of aliphatic hydroxyl groups is 1. The second kappa shape index (κ2) is 4.30. The number of rotatable bonds is 2. The van der Waals surface area contributed by atoms with Crippen molar-refractivity contribution in [2.24, 2.45) is 5.41 Å². The first kappa shape index (κ1) is 11.2. The minimum absolute atomic E-state index is 0.193. The van der Waals surface area contributed by atoms with Gasteiger partial charge in [-0.3, -0.25) is 0 Å². The molecule has 0 radical (unpaired) electrons. The van der Waals surface area contributed by atoms with Gasteiger partial charge in [0.15, 0.2) is 0 Å². The molecular formula is C8H18N2O2. The highest BCUT2D eigenvalue weighted by molar-refractivity contribution is 5.73. The minimum atomic E-state index is -0.519. The lowest BCUT2D eigenvalue weighted by atomic mass is 9.89. The van der Waals surface area contributed by atoms with Crippen LogP contribution in [-0.4, -0.2) is 30.8 Å². The maximum absolute atomic E-state index is 10.7. The zero-order chi connectivity index (χ0) is 9.78. The van der Waals surface area contributed by atoms with Crippen LogP contribution in [0.4, 0.5) is 4.79 Å². The van der Waals surface area contributed by atoms with Crippen LogP contribution in [0.15, 0.2) is 0 Å². The Labute approximate surface area is 73.3 Å². The maximum atomic E-state index is 10.7. The van der Waals surface area contributed by atoms with E-state index in [-0.39, 0.29) is 18.0 Å². The molecule has 0 aromatic heterocycles. The smallest absolute Gasteiger partial charge is 0.314 e. The second-order valence-electron chi connectivity index (χ2n) is 3.84. The fourth-order valence-electron chi connectivity index (χ4n) is 0.584. The molecular weight excluding hydrogens is 156 g/mol. The molecule has 0 bridgehead atoms. The van der Waals surface area contributed by atoms with Crippen LogP contribution in [0.25, 0.3) is 0 Å². The Morgan fingerprint density at radius 3 is 2.33 bits per heavy atom. The number of hydrogen-bond acceptors (Lipinski definition) is 2. The number of carbonyl (C=O) groups is 1. The van der Waals surface area contributed by atoms with Gasteiger partial charge in [-0.2, -0.15) is 0 Å². The number of aliphatic hydroxyl groups excluding tert-OH is 1. The Balaban J connectivity index is 3.72. The monoisotopic (exact) mass is 174 g/mol. The topological polar surface area (TPSA) is 61.4 Å². The predicted molar refractivity (Wildman–Crippen MR) is 47.9 cm³/mol. The van der Waals surface area contributed by atoms with Crippen molar-refractivity contribution in [3.8, 4) is 0 Å². The van der Waals surface area contributed by atoms with E-state index in [2.05, 4.69) is 10.6 Å². The van der Waals surface area contributed by atoms with E-state index in [0.717, 1.165) is 0 Å². The van der Waals surface area contributed by atoms with Crippen molar-refractivity contribution in [1.29, 1.82) is 0 Å². The summed E-state index contributed by atoms with van der Waals surface area (Å²) in [7, 11) is 1.54. The van der Waals surface area contributed by atoms with Gasteiger partial charge in [-0.15, -0.1) is 0 Å². The first-order chi connectivity index (χ1) is 5.38. The number of hydrogen-bond donors (Lipinski definition) is 3. The summed E-state index contributed by atoms with van der Waals surface area (Å²) in [5.41, 5.74) is -0.193. The van der Waals surface area contributed by atoms with Gasteiger partial charge in [0.25, 0.3) is 0 Å². The molecule has 72 valence electrons. The molecule has 1 atom stereocenters. The van der Waals surface area contributed by atoms with Crippen molar-refractivity contribution in [3.05, 3.63) is 0 Å². The molecule has 0 rings (SSSR count). The van der Waals surface area contributed by atoms with Crippen LogP contribution in [0, 0.1) is 5.41 Å². The highest BCUT2D eigenvalue weighted by Crippen LogP contribution is 2.17. The largest absolute Gasteiger partial charge is 0.391 e. The molecule has 3 N–H and O–H groups in total. The summed E-state index contributed by atoms with van der Waals surface area (Å²) < 4.78 is 0. The van der Waals surface area contributed by atoms with E-state index in [1.807, 2.05) is 20.8 Å². The molecule has 0 aromatic rings. The molecule has 0 aliphatic rings. The summed E-state index contributed by atoms with van der Waals surface area (Å²) in [6.45, 7) is 6.04. The maximum Gasteiger partial charge on any atom is 0.314 e. The first-order valence-corrected chi connectivity index (χ1v) is 4.01. The number of amides is 2. The van der Waals surface area contributed by atoms with E-state index in [0.29, 0.717) is 0 Å². The van der Waals surface area contributed by atoms with Crippen LogP contribution in [0.3, 0.4) is 0 Å². The lowest BCUT2D eigenvalue weighted by Gasteiger charge is -2.25. The predicted octanol–water partition coefficient (Wildman–Crippen LogP) is 0.322. The van der Waals surface area contributed by atoms with Gasteiger partial charge < -0.3 is 15.7 Å². The molecule has 4 heteroatoms. The summed E-state index contributed by atoms with van der Waals surface area (Å²) in [6, 6.07) is -0.265. The van der Waals surface area contributed by atoms with E-state index < -0.39 is 6.10 Å². The summed E-state index contributed by atoms with van der Waals surface area (Å²) >= 11 is 0. The van der Waals surface area contributed by atoms with Crippen LogP contribution < -0.4 is 10.6 Å². The molecule has 0 saturated heterocycles. The molecule has 0 fully saturated rings. The Morgan fingerprint density at radius 2 is 2.00 bits per heavy atom. The fraction of sp³-hybridized carbons (Fsp3) is 0.875. The van der Waals surface area contributed by atoms with Gasteiger partial charge in [0.05, 0.1) is 6.10 Å². The van der Waals surface area contributed by atoms with Crippen molar-refractivity contribution >= 4 is 6.03 Å². The van der Waals surface area contributed by atoms with Crippen molar-refractivity contribution in [2.75, 3.05) is 13.6 Å². The van der Waals surface area contributed by atoms with Gasteiger partial charge in [-0.1, -0.05) is 20.8 Å². The lowest BCUT2D eigenvalue weighted by Crippen LogP contribution is -2.42. The van der Waals surface area contributed by atoms with Gasteiger partial charge in [0, 0.05) is 13.6 Å². The molecule has 0 heterocycles. The van der Waals surface area contributed by atoms with Gasteiger partial charge in [-0.05, 0) is 5.41 Å². The minimum Gasteiger partial charge on any atom is -0.391 e. The van der Waals surface area contributed by atoms with Crippen LogP contribution in [-0.2, 0) is 0 Å². The average Bonchev–Trinajstić information content (AvgIpc) is 1.97. The third-order valence-corrected chi connectivity index (χ3v) is 1.68. The molecule has 0 saturated carbocycles. The number of carbonyl (C=O) groups excluding carboxylic acids is 1. The molecule has 4 nitrogen and oxygen atoms in total. The van der Waals surface area contributed by atoms with Crippen molar-refractivity contribution < 1.29 is 9.90 Å². The van der Waals surface area contributed by atoms with Crippen LogP contribution in [0.5, 0.6) is 0 Å². The molecule has 0 aliphatic heterocycles. The summed E-state index contributed by atoms with van der Waals surface area (Å²) in [4.78, 5) is 10.7. The normalized spacial score (nSPS) is 13.8. The average molecular weight is 174 g/mol. The number of urea groups is 1. The second-order valence-corrected chi connectivity index (χ2v) is 3.84. The van der Waals surface area contributed by atoms with Crippen molar-refractivity contribution in [3.63, 3.8) is 0 Å². The molecule has 0 spiro atoms. The van der Waals surface area contributed by atoms with E-state index in [4.69, 9.17) is 0 Å². The highest BCUT2D eigenvalue weighted by Gasteiger charge is 2.21. The zero-order valence-electron chi connectivity index (χ0n) is 8.14. The molecule has 0 aromatic carbocycles. The quantitative estimate of drug-likeness (QED) is 0.564. The van der Waals surface area contributed by atoms with Crippen molar-refractivity contribution in [2.45, 2.75) is 26.9 Å². The van der Waals surface area contributed by atoms with Gasteiger partial charge in [0.1, 0.15) is 0 Å². The van der Waals surface area contributed by atoms with Crippen molar-refractivity contribution in [1.82, 2.24) is 10.6 Å². The van der Waals surface area contributed by atoms with Gasteiger partial charge in [-0.25, -0.2) is 4.79 Å². The molecule has 0 aliphatic carbocycles. The molecule has 1 unspecified atom stereocenters. The standard InChI is InChI=1S/C8H18N2O2/c1-8(2,3)6(11)5-10-7(12)9-4/h6,11H,5H2,1-4H3,(H2,9,10,12). The third kappa shape index (κ3) is 4.18. The Bertz CT molecular complexity index is 152. The van der Waals surface area contributed by atoms with Gasteiger partial charge >= 0.3 is 6.03 Å². The Morgan fingerprint density at radius 1 is 1.50 bits per heavy atom. The lowest BCUT2D eigenvalue weighted by molar-refractivity contribution is 0.0650. The van der Waals surface area contributed by atoms with Crippen LogP contribution in [0.2, 0.25) is 0 Å². The van der Waals surface area contributed by atoms with E-state index in [1.165, 1.54) is 0 Å². The van der Waals surface area contributed by atoms with Crippen LogP contribution in [0.1, 0.15) is 20.8 Å². The van der Waals surface area contributed by atoms with E-state index in [1.54, 1.807) is 7.05 Å². The summed E-state index contributed by atoms with van der Waals surface area (Å²) in [6.07, 6.45) is -0.519. The van der Waals surface area contributed by atoms with E-state index in [9.17, 15) is 9.90 Å². The third-order valence-electron chi connectivity index (χ3n) is 1.68. The SMILES string of the molecule is CNC(=O)NCC(O)C(C)(C)C. The first-order valence-electron chi connectivity index (χ1n) is 4.01. The summed E-state index contributed by atoms with van der Waals surface area (Å²) in [5, 5.41) is 14.4. The van der Waals surface area contributed by atoms with Gasteiger partial charge in [0.2, 0.25) is 0 Å². The zero-order valence-corrected chi connectivity index (χ0v) is 8.14. The fourth-order valence-corrected chi connectivity index (χ4v) is 0.584. The Hall–Kier alpha value is -0.770. The van der Waals surface area contributed by atoms with Crippen LogP contribution >= 0.6 is 0 Å².